The molecule has 0 saturated carbocycles. The Kier molecular flexibility index (Phi) is 5.55. The van der Waals surface area contributed by atoms with Crippen LogP contribution in [0.5, 0.6) is 11.6 Å². The van der Waals surface area contributed by atoms with Crippen LogP contribution >= 0.6 is 0 Å². The van der Waals surface area contributed by atoms with Gasteiger partial charge in [0.25, 0.3) is 0 Å². The Morgan fingerprint density at radius 2 is 1.92 bits per heavy atom. The van der Waals surface area contributed by atoms with Crippen LogP contribution in [-0.4, -0.2) is 49.4 Å². The van der Waals surface area contributed by atoms with E-state index in [0.29, 0.717) is 11.4 Å². The van der Waals surface area contributed by atoms with E-state index in [1.165, 1.54) is 7.11 Å². The van der Waals surface area contributed by atoms with Gasteiger partial charge in [-0.25, -0.2) is 14.8 Å². The fourth-order valence-electron chi connectivity index (χ4n) is 3.06. The third-order valence-electron chi connectivity index (χ3n) is 4.43. The number of nitrogens with zero attached hydrogens (tertiary/aromatic N) is 3. The van der Waals surface area contributed by atoms with Crippen LogP contribution in [0.1, 0.15) is 28.8 Å². The minimum atomic E-state index is -0.368. The molecule has 0 radical (unpaired) electrons. The average molecular weight is 357 g/mol. The number of aryl methyl sites for hydroxylation is 1. The maximum Gasteiger partial charge on any atom is 0.339 e. The molecule has 3 heterocycles. The molecule has 0 amide bonds. The summed E-state index contributed by atoms with van der Waals surface area (Å²) in [7, 11) is 2.96. The molecule has 138 valence electrons. The van der Waals surface area contributed by atoms with Crippen LogP contribution in [0, 0.1) is 6.92 Å². The van der Waals surface area contributed by atoms with Crippen molar-refractivity contribution in [3.63, 3.8) is 0 Å². The van der Waals surface area contributed by atoms with Crippen molar-refractivity contribution < 1.29 is 19.0 Å². The largest absolute Gasteiger partial charge is 0.489 e. The zero-order chi connectivity index (χ0) is 18.5. The van der Waals surface area contributed by atoms with Gasteiger partial charge in [-0.2, -0.15) is 0 Å². The average Bonchev–Trinajstić information content (AvgIpc) is 2.68. The van der Waals surface area contributed by atoms with E-state index in [1.54, 1.807) is 25.6 Å². The lowest BCUT2D eigenvalue weighted by molar-refractivity contribution is 0.0600. The van der Waals surface area contributed by atoms with Crippen LogP contribution in [0.25, 0.3) is 0 Å². The molecule has 7 nitrogen and oxygen atoms in total. The van der Waals surface area contributed by atoms with Crippen molar-refractivity contribution in [1.82, 2.24) is 9.97 Å². The summed E-state index contributed by atoms with van der Waals surface area (Å²) in [6.45, 7) is 3.65. The summed E-state index contributed by atoms with van der Waals surface area (Å²) < 4.78 is 15.8. The van der Waals surface area contributed by atoms with Gasteiger partial charge in [-0.15, -0.1) is 0 Å². The number of piperidine rings is 1. The van der Waals surface area contributed by atoms with E-state index in [2.05, 4.69) is 14.9 Å². The van der Waals surface area contributed by atoms with Gasteiger partial charge in [0.15, 0.2) is 0 Å². The Balaban J connectivity index is 1.58. The van der Waals surface area contributed by atoms with Crippen LogP contribution in [0.2, 0.25) is 0 Å². The molecule has 0 aliphatic carbocycles. The second-order valence-electron chi connectivity index (χ2n) is 6.20. The SMILES string of the molecule is COC(=O)c1cnc(N2CCC(Oc3ccc(OC)nc3)CC2)c(C)c1. The van der Waals surface area contributed by atoms with E-state index in [-0.39, 0.29) is 12.1 Å². The number of aromatic nitrogens is 2. The van der Waals surface area contributed by atoms with Crippen molar-refractivity contribution in [2.45, 2.75) is 25.9 Å². The number of carbonyl (C=O) groups is 1. The zero-order valence-corrected chi connectivity index (χ0v) is 15.3. The molecule has 0 spiro atoms. The molecule has 2 aromatic rings. The van der Waals surface area contributed by atoms with E-state index in [1.807, 2.05) is 19.1 Å². The molecule has 0 bridgehead atoms. The minimum absolute atomic E-state index is 0.149. The fourth-order valence-corrected chi connectivity index (χ4v) is 3.06. The van der Waals surface area contributed by atoms with E-state index in [4.69, 9.17) is 14.2 Å². The number of hydrogen-bond acceptors (Lipinski definition) is 7. The standard InChI is InChI=1S/C19H23N3O4/c1-13-10-14(19(23)25-3)11-21-18(13)22-8-6-15(7-9-22)26-16-4-5-17(24-2)20-12-16/h4-5,10-12,15H,6-9H2,1-3H3. The van der Waals surface area contributed by atoms with E-state index in [0.717, 1.165) is 43.1 Å². The fraction of sp³-hybridized carbons (Fsp3) is 0.421. The summed E-state index contributed by atoms with van der Waals surface area (Å²) in [5.41, 5.74) is 1.44. The first-order valence-corrected chi connectivity index (χ1v) is 8.57. The molecular formula is C19H23N3O4. The molecule has 7 heteroatoms. The van der Waals surface area contributed by atoms with Crippen molar-refractivity contribution in [1.29, 1.82) is 0 Å². The third kappa shape index (κ3) is 4.04. The normalized spacial score (nSPS) is 14.8. The molecule has 26 heavy (non-hydrogen) atoms. The van der Waals surface area contributed by atoms with Crippen LogP contribution < -0.4 is 14.4 Å². The van der Waals surface area contributed by atoms with E-state index in [9.17, 15) is 4.79 Å². The van der Waals surface area contributed by atoms with Gasteiger partial charge >= 0.3 is 5.97 Å². The molecular weight excluding hydrogens is 334 g/mol. The van der Waals surface area contributed by atoms with Gasteiger partial charge in [-0.1, -0.05) is 0 Å². The first-order valence-electron chi connectivity index (χ1n) is 8.57. The molecule has 0 N–H and O–H groups in total. The van der Waals surface area contributed by atoms with Crippen LogP contribution in [0.4, 0.5) is 5.82 Å². The Hall–Kier alpha value is -2.83. The molecule has 0 unspecified atom stereocenters. The predicted octanol–water partition coefficient (Wildman–Crippen LogP) is 2.63. The van der Waals surface area contributed by atoms with Crippen LogP contribution in [0.3, 0.4) is 0 Å². The van der Waals surface area contributed by atoms with Crippen molar-refractivity contribution in [2.24, 2.45) is 0 Å². The Morgan fingerprint density at radius 3 is 2.50 bits per heavy atom. The lowest BCUT2D eigenvalue weighted by Gasteiger charge is -2.33. The number of pyridine rings is 2. The number of methoxy groups -OCH3 is 2. The molecule has 0 aromatic carbocycles. The van der Waals surface area contributed by atoms with Crippen molar-refractivity contribution in [3.05, 3.63) is 41.7 Å². The van der Waals surface area contributed by atoms with Gasteiger partial charge < -0.3 is 19.1 Å². The number of carbonyl (C=O) groups excluding carboxylic acids is 1. The summed E-state index contributed by atoms with van der Waals surface area (Å²) >= 11 is 0. The third-order valence-corrected chi connectivity index (χ3v) is 4.43. The first-order chi connectivity index (χ1) is 12.6. The molecule has 1 saturated heterocycles. The topological polar surface area (TPSA) is 73.8 Å². The van der Waals surface area contributed by atoms with E-state index < -0.39 is 0 Å². The predicted molar refractivity (Wildman–Crippen MR) is 97.0 cm³/mol. The Morgan fingerprint density at radius 1 is 1.15 bits per heavy atom. The highest BCUT2D eigenvalue weighted by Gasteiger charge is 2.23. The summed E-state index contributed by atoms with van der Waals surface area (Å²) in [6, 6.07) is 5.48. The highest BCUT2D eigenvalue weighted by Crippen LogP contribution is 2.25. The first kappa shape index (κ1) is 18.0. The number of rotatable bonds is 5. The summed E-state index contributed by atoms with van der Waals surface area (Å²) in [5.74, 6) is 1.86. The lowest BCUT2D eigenvalue weighted by Crippen LogP contribution is -2.39. The second-order valence-corrected chi connectivity index (χ2v) is 6.20. The van der Waals surface area contributed by atoms with Gasteiger partial charge in [-0.3, -0.25) is 0 Å². The van der Waals surface area contributed by atoms with Crippen molar-refractivity contribution in [2.75, 3.05) is 32.2 Å². The number of anilines is 1. The maximum absolute atomic E-state index is 11.6. The van der Waals surface area contributed by atoms with Gasteiger partial charge in [-0.05, 0) is 24.6 Å². The number of ether oxygens (including phenoxy) is 3. The van der Waals surface area contributed by atoms with Crippen LogP contribution in [0.15, 0.2) is 30.6 Å². The summed E-state index contributed by atoms with van der Waals surface area (Å²) in [6.07, 6.45) is 5.19. The zero-order valence-electron chi connectivity index (χ0n) is 15.3. The molecule has 1 aliphatic heterocycles. The lowest BCUT2D eigenvalue weighted by atomic mass is 10.1. The van der Waals surface area contributed by atoms with Crippen molar-refractivity contribution >= 4 is 11.8 Å². The maximum atomic E-state index is 11.6. The molecule has 1 fully saturated rings. The van der Waals surface area contributed by atoms with Gasteiger partial charge in [0, 0.05) is 38.2 Å². The second kappa shape index (κ2) is 8.03. The molecule has 0 atom stereocenters. The van der Waals surface area contributed by atoms with Gasteiger partial charge in [0.2, 0.25) is 5.88 Å². The Labute approximate surface area is 152 Å². The number of esters is 1. The minimum Gasteiger partial charge on any atom is -0.489 e. The van der Waals surface area contributed by atoms with Gasteiger partial charge in [0.05, 0.1) is 26.0 Å². The quantitative estimate of drug-likeness (QED) is 0.762. The smallest absolute Gasteiger partial charge is 0.339 e. The molecule has 3 rings (SSSR count). The number of hydrogen-bond donors (Lipinski definition) is 0. The highest BCUT2D eigenvalue weighted by atomic mass is 16.5. The summed E-state index contributed by atoms with van der Waals surface area (Å²) in [5, 5.41) is 0. The Bertz CT molecular complexity index is 756. The monoisotopic (exact) mass is 357 g/mol. The van der Waals surface area contributed by atoms with Crippen molar-refractivity contribution in [3.8, 4) is 11.6 Å². The molecule has 2 aromatic heterocycles. The summed E-state index contributed by atoms with van der Waals surface area (Å²) in [4.78, 5) is 22.4. The van der Waals surface area contributed by atoms with Crippen LogP contribution in [-0.2, 0) is 4.74 Å². The van der Waals surface area contributed by atoms with Gasteiger partial charge in [0.1, 0.15) is 17.7 Å². The molecule has 1 aliphatic rings. The van der Waals surface area contributed by atoms with E-state index >= 15 is 0 Å². The highest BCUT2D eigenvalue weighted by molar-refractivity contribution is 5.89.